The van der Waals surface area contributed by atoms with Gasteiger partial charge in [-0.05, 0) is 57.0 Å². The lowest BCUT2D eigenvalue weighted by atomic mass is 10.0. The number of ether oxygens (including phenoxy) is 1. The van der Waals surface area contributed by atoms with E-state index < -0.39 is 6.61 Å². The second-order valence-electron chi connectivity index (χ2n) is 5.85. The molecule has 0 aromatic heterocycles. The van der Waals surface area contributed by atoms with Gasteiger partial charge in [-0.15, -0.1) is 0 Å². The summed E-state index contributed by atoms with van der Waals surface area (Å²) in [6, 6.07) is 5.48. The molecule has 1 heterocycles. The van der Waals surface area contributed by atoms with Crippen LogP contribution >= 0.6 is 0 Å². The molecule has 1 aliphatic heterocycles. The van der Waals surface area contributed by atoms with Gasteiger partial charge in [0.1, 0.15) is 5.75 Å². The fourth-order valence-corrected chi connectivity index (χ4v) is 2.69. The van der Waals surface area contributed by atoms with Crippen LogP contribution in [0.15, 0.2) is 24.3 Å². The van der Waals surface area contributed by atoms with Gasteiger partial charge in [0, 0.05) is 12.2 Å². The molecule has 1 fully saturated rings. The van der Waals surface area contributed by atoms with E-state index in [-0.39, 0.29) is 29.7 Å². The molecule has 1 saturated heterocycles. The van der Waals surface area contributed by atoms with Crippen molar-refractivity contribution in [3.63, 3.8) is 0 Å². The first kappa shape index (κ1) is 17.6. The summed E-state index contributed by atoms with van der Waals surface area (Å²) >= 11 is 0. The Labute approximate surface area is 134 Å². The number of hydrogen-bond acceptors (Lipinski definition) is 4. The van der Waals surface area contributed by atoms with Crippen molar-refractivity contribution < 1.29 is 23.4 Å². The monoisotopic (exact) mass is 328 g/mol. The highest BCUT2D eigenvalue weighted by Gasteiger charge is 2.31. The third-order valence-electron chi connectivity index (χ3n) is 4.21. The number of aliphatic hydroxyl groups excluding tert-OH is 1. The molecular formula is C16H22F2N2O3. The summed E-state index contributed by atoms with van der Waals surface area (Å²) < 4.78 is 28.4. The summed E-state index contributed by atoms with van der Waals surface area (Å²) in [5, 5.41) is 12.4. The minimum absolute atomic E-state index is 0.0466. The van der Waals surface area contributed by atoms with E-state index >= 15 is 0 Å². The van der Waals surface area contributed by atoms with E-state index in [1.54, 1.807) is 6.92 Å². The van der Waals surface area contributed by atoms with E-state index in [9.17, 15) is 18.7 Å². The van der Waals surface area contributed by atoms with Gasteiger partial charge < -0.3 is 15.2 Å². The predicted octanol–water partition coefficient (Wildman–Crippen LogP) is 2.32. The van der Waals surface area contributed by atoms with Crippen LogP contribution in [0.3, 0.4) is 0 Å². The van der Waals surface area contributed by atoms with E-state index in [1.165, 1.54) is 24.3 Å². The lowest BCUT2D eigenvalue weighted by molar-refractivity contribution is -0.120. The number of alkyl halides is 2. The maximum atomic E-state index is 12.3. The van der Waals surface area contributed by atoms with Crippen LogP contribution in [-0.4, -0.2) is 47.8 Å². The van der Waals surface area contributed by atoms with Crippen LogP contribution in [-0.2, 0) is 4.79 Å². The number of nitrogens with one attached hydrogen (secondary N) is 1. The Kier molecular flexibility index (Phi) is 5.90. The normalized spacial score (nSPS) is 21.2. The van der Waals surface area contributed by atoms with Gasteiger partial charge in [-0.3, -0.25) is 9.69 Å². The molecule has 1 amide bonds. The highest BCUT2D eigenvalue weighted by Crippen LogP contribution is 2.23. The number of amides is 1. The number of carbonyl (C=O) groups excluding carboxylic acids is 1. The van der Waals surface area contributed by atoms with Gasteiger partial charge in [-0.2, -0.15) is 8.78 Å². The molecule has 2 N–H and O–H groups in total. The average molecular weight is 328 g/mol. The van der Waals surface area contributed by atoms with Gasteiger partial charge in [-0.25, -0.2) is 0 Å². The second kappa shape index (κ2) is 7.70. The predicted molar refractivity (Wildman–Crippen MR) is 82.5 cm³/mol. The van der Waals surface area contributed by atoms with Crippen molar-refractivity contribution in [3.8, 4) is 5.75 Å². The molecule has 1 aromatic rings. The van der Waals surface area contributed by atoms with Gasteiger partial charge in [0.2, 0.25) is 5.91 Å². The lowest BCUT2D eigenvalue weighted by Gasteiger charge is -2.24. The number of nitrogens with zero attached hydrogens (tertiary/aromatic N) is 1. The van der Waals surface area contributed by atoms with Crippen LogP contribution in [0, 0.1) is 5.92 Å². The largest absolute Gasteiger partial charge is 0.435 e. The number of anilines is 1. The first-order valence-electron chi connectivity index (χ1n) is 7.64. The van der Waals surface area contributed by atoms with Crippen LogP contribution in [0.5, 0.6) is 5.75 Å². The third-order valence-corrected chi connectivity index (χ3v) is 4.21. The maximum Gasteiger partial charge on any atom is 0.387 e. The highest BCUT2D eigenvalue weighted by molar-refractivity contribution is 5.94. The smallest absolute Gasteiger partial charge is 0.387 e. The summed E-state index contributed by atoms with van der Waals surface area (Å²) in [5.74, 6) is 0.0696. The van der Waals surface area contributed by atoms with Crippen molar-refractivity contribution >= 4 is 11.6 Å². The van der Waals surface area contributed by atoms with Crippen molar-refractivity contribution in [1.82, 2.24) is 4.90 Å². The van der Waals surface area contributed by atoms with Gasteiger partial charge >= 0.3 is 6.61 Å². The van der Waals surface area contributed by atoms with Crippen LogP contribution in [0.4, 0.5) is 14.5 Å². The topological polar surface area (TPSA) is 61.8 Å². The van der Waals surface area contributed by atoms with Crippen LogP contribution in [0.25, 0.3) is 0 Å². The van der Waals surface area contributed by atoms with E-state index in [4.69, 9.17) is 0 Å². The van der Waals surface area contributed by atoms with Crippen LogP contribution < -0.4 is 10.1 Å². The minimum atomic E-state index is -2.87. The quantitative estimate of drug-likeness (QED) is 0.841. The fraction of sp³-hybridized carbons (Fsp3) is 0.562. The zero-order valence-electron chi connectivity index (χ0n) is 13.2. The van der Waals surface area contributed by atoms with Gasteiger partial charge in [0.25, 0.3) is 0 Å². The van der Waals surface area contributed by atoms with Crippen molar-refractivity contribution in [1.29, 1.82) is 0 Å². The molecule has 3 unspecified atom stereocenters. The molecular weight excluding hydrogens is 306 g/mol. The SMILES string of the molecule is CC(O)C1CCN(C(C)C(=O)Nc2ccc(OC(F)F)cc2)C1. The molecule has 0 aliphatic carbocycles. The number of carbonyl (C=O) groups is 1. The minimum Gasteiger partial charge on any atom is -0.435 e. The molecule has 1 aromatic carbocycles. The van der Waals surface area contributed by atoms with Crippen molar-refractivity contribution in [3.05, 3.63) is 24.3 Å². The van der Waals surface area contributed by atoms with Crippen molar-refractivity contribution in [2.24, 2.45) is 5.92 Å². The molecule has 128 valence electrons. The summed E-state index contributed by atoms with van der Waals surface area (Å²) in [6.45, 7) is 2.17. The van der Waals surface area contributed by atoms with E-state index in [0.29, 0.717) is 12.2 Å². The molecule has 0 saturated carbocycles. The molecule has 2 rings (SSSR count). The Morgan fingerprint density at radius 2 is 2.00 bits per heavy atom. The summed E-state index contributed by atoms with van der Waals surface area (Å²) in [5.41, 5.74) is 0.523. The van der Waals surface area contributed by atoms with Crippen LogP contribution in [0.2, 0.25) is 0 Å². The van der Waals surface area contributed by atoms with E-state index in [1.807, 2.05) is 11.8 Å². The van der Waals surface area contributed by atoms with Gasteiger partial charge in [0.15, 0.2) is 0 Å². The van der Waals surface area contributed by atoms with Crippen LogP contribution in [0.1, 0.15) is 20.3 Å². The zero-order valence-corrected chi connectivity index (χ0v) is 13.2. The number of halogens is 2. The molecule has 7 heteroatoms. The maximum absolute atomic E-state index is 12.3. The van der Waals surface area contributed by atoms with Crippen molar-refractivity contribution in [2.75, 3.05) is 18.4 Å². The Hall–Kier alpha value is -1.73. The van der Waals surface area contributed by atoms with Crippen molar-refractivity contribution in [2.45, 2.75) is 39.0 Å². The molecule has 0 bridgehead atoms. The Morgan fingerprint density at radius 3 is 2.52 bits per heavy atom. The second-order valence-corrected chi connectivity index (χ2v) is 5.85. The lowest BCUT2D eigenvalue weighted by Crippen LogP contribution is -2.41. The highest BCUT2D eigenvalue weighted by atomic mass is 19.3. The van der Waals surface area contributed by atoms with E-state index in [2.05, 4.69) is 10.1 Å². The van der Waals surface area contributed by atoms with E-state index in [0.717, 1.165) is 13.0 Å². The standard InChI is InChI=1S/C16H22F2N2O3/c1-10(20-8-7-12(9-20)11(2)21)15(22)19-13-3-5-14(6-4-13)23-16(17)18/h3-6,10-12,16,21H,7-9H2,1-2H3,(H,19,22). The van der Waals surface area contributed by atoms with Gasteiger partial charge in [-0.1, -0.05) is 0 Å². The first-order chi connectivity index (χ1) is 10.9. The van der Waals surface area contributed by atoms with Gasteiger partial charge in [0.05, 0.1) is 12.1 Å². The number of benzene rings is 1. The Balaban J connectivity index is 1.88. The number of hydrogen-bond donors (Lipinski definition) is 2. The molecule has 23 heavy (non-hydrogen) atoms. The molecule has 0 radical (unpaired) electrons. The summed E-state index contributed by atoms with van der Waals surface area (Å²) in [7, 11) is 0. The summed E-state index contributed by atoms with van der Waals surface area (Å²) in [6.07, 6.45) is 0.493. The fourth-order valence-electron chi connectivity index (χ4n) is 2.69. The number of likely N-dealkylation sites (tertiary alicyclic amines) is 1. The molecule has 5 nitrogen and oxygen atoms in total. The summed E-state index contributed by atoms with van der Waals surface area (Å²) in [4.78, 5) is 14.3. The first-order valence-corrected chi connectivity index (χ1v) is 7.64. The molecule has 0 spiro atoms. The number of rotatable bonds is 6. The third kappa shape index (κ3) is 4.87. The molecule has 3 atom stereocenters. The average Bonchev–Trinajstić information content (AvgIpc) is 2.98. The zero-order chi connectivity index (χ0) is 17.0. The molecule has 1 aliphatic rings. The number of aliphatic hydroxyl groups is 1. The Bertz CT molecular complexity index is 523. The Morgan fingerprint density at radius 1 is 1.35 bits per heavy atom.